The summed E-state index contributed by atoms with van der Waals surface area (Å²) in [5.41, 5.74) is 7.61. The van der Waals surface area contributed by atoms with Crippen molar-refractivity contribution in [2.75, 3.05) is 12.3 Å². The van der Waals surface area contributed by atoms with Crippen molar-refractivity contribution in [2.24, 2.45) is 0 Å². The molecule has 1 aliphatic heterocycles. The van der Waals surface area contributed by atoms with Gasteiger partial charge in [-0.2, -0.15) is 0 Å². The van der Waals surface area contributed by atoms with Gasteiger partial charge < -0.3 is 11.1 Å². The lowest BCUT2D eigenvalue weighted by atomic mass is 9.97. The standard InChI is InChI=1S/C10H13N3O/c1-6-8(2-3-9(11)13-6)7-4-10(14)12-5-7/h2-3,7H,4-5H2,1H3,(H2,11,13)(H,12,14). The molecule has 74 valence electrons. The maximum atomic E-state index is 11.0. The van der Waals surface area contributed by atoms with Crippen LogP contribution in [0.15, 0.2) is 12.1 Å². The van der Waals surface area contributed by atoms with Crippen molar-refractivity contribution in [3.05, 3.63) is 23.4 Å². The Morgan fingerprint density at radius 2 is 2.36 bits per heavy atom. The lowest BCUT2D eigenvalue weighted by Gasteiger charge is -2.10. The van der Waals surface area contributed by atoms with Crippen LogP contribution in [0.25, 0.3) is 0 Å². The highest BCUT2D eigenvalue weighted by molar-refractivity contribution is 5.79. The van der Waals surface area contributed by atoms with Gasteiger partial charge in [0.05, 0.1) is 0 Å². The van der Waals surface area contributed by atoms with Crippen LogP contribution in [-0.4, -0.2) is 17.4 Å². The van der Waals surface area contributed by atoms with Gasteiger partial charge in [-0.3, -0.25) is 4.79 Å². The van der Waals surface area contributed by atoms with Crippen LogP contribution in [0.1, 0.15) is 23.6 Å². The molecule has 0 radical (unpaired) electrons. The topological polar surface area (TPSA) is 68.0 Å². The summed E-state index contributed by atoms with van der Waals surface area (Å²) in [7, 11) is 0. The largest absolute Gasteiger partial charge is 0.384 e. The average Bonchev–Trinajstić information content (AvgIpc) is 2.51. The Morgan fingerprint density at radius 3 is 2.93 bits per heavy atom. The second kappa shape index (κ2) is 3.29. The van der Waals surface area contributed by atoms with E-state index in [4.69, 9.17) is 5.73 Å². The van der Waals surface area contributed by atoms with Crippen molar-refractivity contribution in [1.82, 2.24) is 10.3 Å². The highest BCUT2D eigenvalue weighted by Gasteiger charge is 2.24. The summed E-state index contributed by atoms with van der Waals surface area (Å²) in [6.45, 7) is 2.64. The number of nitrogens with zero attached hydrogens (tertiary/aromatic N) is 1. The summed E-state index contributed by atoms with van der Waals surface area (Å²) in [5, 5.41) is 2.81. The Morgan fingerprint density at radius 1 is 1.57 bits per heavy atom. The molecule has 0 aliphatic carbocycles. The van der Waals surface area contributed by atoms with Crippen LogP contribution in [0, 0.1) is 6.92 Å². The van der Waals surface area contributed by atoms with Crippen LogP contribution >= 0.6 is 0 Å². The van der Waals surface area contributed by atoms with Gasteiger partial charge in [0, 0.05) is 24.6 Å². The fraction of sp³-hybridized carbons (Fsp3) is 0.400. The number of pyridine rings is 1. The van der Waals surface area contributed by atoms with Crippen LogP contribution in [0.5, 0.6) is 0 Å². The van der Waals surface area contributed by atoms with E-state index in [9.17, 15) is 4.79 Å². The maximum absolute atomic E-state index is 11.0. The zero-order chi connectivity index (χ0) is 10.1. The fourth-order valence-electron chi connectivity index (χ4n) is 1.85. The van der Waals surface area contributed by atoms with Crippen molar-refractivity contribution < 1.29 is 4.79 Å². The molecule has 4 nitrogen and oxygen atoms in total. The van der Waals surface area contributed by atoms with Gasteiger partial charge in [-0.25, -0.2) is 4.98 Å². The summed E-state index contributed by atoms with van der Waals surface area (Å²) in [4.78, 5) is 15.2. The molecule has 2 heterocycles. The van der Waals surface area contributed by atoms with Gasteiger partial charge in [-0.15, -0.1) is 0 Å². The molecule has 0 saturated carbocycles. The molecule has 0 spiro atoms. The number of carbonyl (C=O) groups excluding carboxylic acids is 1. The molecule has 1 aliphatic rings. The first kappa shape index (κ1) is 8.99. The number of anilines is 1. The van der Waals surface area contributed by atoms with Crippen LogP contribution in [-0.2, 0) is 4.79 Å². The van der Waals surface area contributed by atoms with E-state index < -0.39 is 0 Å². The van der Waals surface area contributed by atoms with Gasteiger partial charge in [0.1, 0.15) is 5.82 Å². The lowest BCUT2D eigenvalue weighted by molar-refractivity contribution is -0.119. The Kier molecular flexibility index (Phi) is 2.11. The second-order valence-electron chi connectivity index (χ2n) is 3.62. The molecule has 0 aromatic carbocycles. The van der Waals surface area contributed by atoms with Crippen LogP contribution in [0.3, 0.4) is 0 Å². The molecular weight excluding hydrogens is 178 g/mol. The quantitative estimate of drug-likeness (QED) is 0.682. The number of nitrogens with two attached hydrogens (primary N) is 1. The summed E-state index contributed by atoms with van der Waals surface area (Å²) in [6, 6.07) is 3.74. The molecule has 0 bridgehead atoms. The molecule has 1 saturated heterocycles. The molecule has 1 amide bonds. The second-order valence-corrected chi connectivity index (χ2v) is 3.62. The normalized spacial score (nSPS) is 20.9. The zero-order valence-corrected chi connectivity index (χ0v) is 8.08. The molecule has 1 atom stereocenters. The Bertz CT molecular complexity index is 376. The molecule has 1 aromatic heterocycles. The maximum Gasteiger partial charge on any atom is 0.220 e. The van der Waals surface area contributed by atoms with E-state index in [1.165, 1.54) is 0 Å². The molecule has 1 aromatic rings. The number of aryl methyl sites for hydroxylation is 1. The summed E-state index contributed by atoms with van der Waals surface area (Å²) in [5.74, 6) is 0.908. The van der Waals surface area contributed by atoms with E-state index >= 15 is 0 Å². The zero-order valence-electron chi connectivity index (χ0n) is 8.08. The van der Waals surface area contributed by atoms with Gasteiger partial charge in [-0.05, 0) is 18.6 Å². The van der Waals surface area contributed by atoms with Crippen molar-refractivity contribution in [3.8, 4) is 0 Å². The number of hydrogen-bond acceptors (Lipinski definition) is 3. The van der Waals surface area contributed by atoms with Gasteiger partial charge >= 0.3 is 0 Å². The monoisotopic (exact) mass is 191 g/mol. The molecule has 14 heavy (non-hydrogen) atoms. The first-order valence-electron chi connectivity index (χ1n) is 4.66. The average molecular weight is 191 g/mol. The number of hydrogen-bond donors (Lipinski definition) is 2. The van der Waals surface area contributed by atoms with E-state index in [1.54, 1.807) is 6.07 Å². The van der Waals surface area contributed by atoms with E-state index in [0.717, 1.165) is 11.3 Å². The minimum absolute atomic E-state index is 0.117. The molecule has 2 rings (SSSR count). The van der Waals surface area contributed by atoms with Gasteiger partial charge in [0.2, 0.25) is 5.91 Å². The molecule has 4 heteroatoms. The summed E-state index contributed by atoms with van der Waals surface area (Å²) >= 11 is 0. The van der Waals surface area contributed by atoms with E-state index in [0.29, 0.717) is 18.8 Å². The van der Waals surface area contributed by atoms with Crippen molar-refractivity contribution in [1.29, 1.82) is 0 Å². The third-order valence-corrected chi connectivity index (χ3v) is 2.57. The third-order valence-electron chi connectivity index (χ3n) is 2.57. The van der Waals surface area contributed by atoms with E-state index in [-0.39, 0.29) is 11.8 Å². The summed E-state index contributed by atoms with van der Waals surface area (Å²) < 4.78 is 0. The molecular formula is C10H13N3O. The Labute approximate surface area is 82.5 Å². The molecule has 1 fully saturated rings. The van der Waals surface area contributed by atoms with Crippen molar-refractivity contribution in [3.63, 3.8) is 0 Å². The van der Waals surface area contributed by atoms with Gasteiger partial charge in [-0.1, -0.05) is 6.07 Å². The fourth-order valence-corrected chi connectivity index (χ4v) is 1.85. The minimum Gasteiger partial charge on any atom is -0.384 e. The SMILES string of the molecule is Cc1nc(N)ccc1C1CNC(=O)C1. The highest BCUT2D eigenvalue weighted by Crippen LogP contribution is 2.25. The number of amides is 1. The van der Waals surface area contributed by atoms with Gasteiger partial charge in [0.25, 0.3) is 0 Å². The first-order chi connectivity index (χ1) is 6.66. The predicted octanol–water partition coefficient (Wildman–Crippen LogP) is 0.576. The van der Waals surface area contributed by atoms with Crippen molar-refractivity contribution in [2.45, 2.75) is 19.3 Å². The number of carbonyl (C=O) groups is 1. The Balaban J connectivity index is 2.28. The number of aromatic nitrogens is 1. The Hall–Kier alpha value is -1.58. The minimum atomic E-state index is 0.117. The van der Waals surface area contributed by atoms with Crippen LogP contribution in [0.4, 0.5) is 5.82 Å². The van der Waals surface area contributed by atoms with Gasteiger partial charge in [0.15, 0.2) is 0 Å². The summed E-state index contributed by atoms with van der Waals surface area (Å²) in [6.07, 6.45) is 0.562. The van der Waals surface area contributed by atoms with Crippen molar-refractivity contribution >= 4 is 11.7 Å². The predicted molar refractivity (Wildman–Crippen MR) is 53.8 cm³/mol. The smallest absolute Gasteiger partial charge is 0.220 e. The van der Waals surface area contributed by atoms with Crippen LogP contribution in [0.2, 0.25) is 0 Å². The number of nitrogens with one attached hydrogen (secondary N) is 1. The lowest BCUT2D eigenvalue weighted by Crippen LogP contribution is -2.13. The highest BCUT2D eigenvalue weighted by atomic mass is 16.1. The molecule has 1 unspecified atom stereocenters. The van der Waals surface area contributed by atoms with Crippen LogP contribution < -0.4 is 11.1 Å². The van der Waals surface area contributed by atoms with E-state index in [1.807, 2.05) is 13.0 Å². The number of nitrogen functional groups attached to an aromatic ring is 1. The first-order valence-corrected chi connectivity index (χ1v) is 4.66. The molecule has 3 N–H and O–H groups in total. The third kappa shape index (κ3) is 1.55. The van der Waals surface area contributed by atoms with E-state index in [2.05, 4.69) is 10.3 Å². The number of rotatable bonds is 1.